The normalized spacial score (nSPS) is 17.4. The number of amides is 1. The second kappa shape index (κ2) is 8.45. The quantitative estimate of drug-likeness (QED) is 0.670. The van der Waals surface area contributed by atoms with Gasteiger partial charge in [-0.15, -0.1) is 11.8 Å². The van der Waals surface area contributed by atoms with Crippen molar-refractivity contribution in [1.82, 2.24) is 4.72 Å². The number of carbonyl (C=O) groups excluding carboxylic acids is 1. The number of halogens is 1. The zero-order valence-corrected chi connectivity index (χ0v) is 17.5. The van der Waals surface area contributed by atoms with Gasteiger partial charge in [-0.1, -0.05) is 12.8 Å². The number of rotatable bonds is 7. The van der Waals surface area contributed by atoms with Gasteiger partial charge in [-0.05, 0) is 68.1 Å². The van der Waals surface area contributed by atoms with E-state index < -0.39 is 26.6 Å². The van der Waals surface area contributed by atoms with E-state index in [1.54, 1.807) is 0 Å². The number of hydrogen-bond donors (Lipinski definition) is 2. The molecule has 0 spiro atoms. The van der Waals surface area contributed by atoms with Crippen LogP contribution in [0, 0.1) is 5.82 Å². The van der Waals surface area contributed by atoms with Gasteiger partial charge in [-0.3, -0.25) is 4.79 Å². The van der Waals surface area contributed by atoms with Crippen LogP contribution in [-0.2, 0) is 10.0 Å². The van der Waals surface area contributed by atoms with Crippen LogP contribution in [0.25, 0.3) is 0 Å². The van der Waals surface area contributed by atoms with E-state index in [0.717, 1.165) is 29.9 Å². The minimum atomic E-state index is -3.98. The monoisotopic (exact) mass is 434 g/mol. The molecule has 5 nitrogen and oxygen atoms in total. The fourth-order valence-electron chi connectivity index (χ4n) is 3.35. The van der Waals surface area contributed by atoms with Crippen LogP contribution in [0.1, 0.15) is 48.9 Å². The van der Waals surface area contributed by atoms with Crippen LogP contribution < -0.4 is 10.0 Å². The maximum Gasteiger partial charge on any atom is 0.255 e. The smallest absolute Gasteiger partial charge is 0.255 e. The van der Waals surface area contributed by atoms with Gasteiger partial charge >= 0.3 is 0 Å². The zero-order chi connectivity index (χ0) is 20.4. The largest absolute Gasteiger partial charge is 0.322 e. The van der Waals surface area contributed by atoms with Crippen molar-refractivity contribution >= 4 is 33.4 Å². The van der Waals surface area contributed by atoms with Crippen molar-refractivity contribution in [3.8, 4) is 0 Å². The Labute approximate surface area is 174 Å². The van der Waals surface area contributed by atoms with Crippen molar-refractivity contribution in [2.45, 2.75) is 59.6 Å². The maximum absolute atomic E-state index is 14.1. The van der Waals surface area contributed by atoms with Crippen molar-refractivity contribution in [1.29, 1.82) is 0 Å². The zero-order valence-electron chi connectivity index (χ0n) is 15.9. The average molecular weight is 435 g/mol. The maximum atomic E-state index is 14.1. The summed E-state index contributed by atoms with van der Waals surface area (Å²) in [5, 5.41) is 3.41. The summed E-state index contributed by atoms with van der Waals surface area (Å²) in [5.74, 6) is -1.35. The summed E-state index contributed by atoms with van der Waals surface area (Å²) in [6, 6.07) is 10.8. The molecule has 2 aromatic rings. The van der Waals surface area contributed by atoms with Gasteiger partial charge in [-0.25, -0.2) is 17.5 Å². The first-order chi connectivity index (χ1) is 13.9. The lowest BCUT2D eigenvalue weighted by Crippen LogP contribution is -2.27. The molecule has 0 bridgehead atoms. The molecule has 0 aliphatic heterocycles. The Morgan fingerprint density at radius 3 is 2.34 bits per heavy atom. The summed E-state index contributed by atoms with van der Waals surface area (Å²) >= 11 is 1.86. The lowest BCUT2D eigenvalue weighted by molar-refractivity contribution is 0.102. The molecule has 2 aliphatic rings. The number of carbonyl (C=O) groups is 1. The van der Waals surface area contributed by atoms with Gasteiger partial charge in [0.25, 0.3) is 5.91 Å². The molecule has 0 unspecified atom stereocenters. The summed E-state index contributed by atoms with van der Waals surface area (Å²) in [6.07, 6.45) is 6.56. The summed E-state index contributed by atoms with van der Waals surface area (Å²) in [4.78, 5) is 13.2. The van der Waals surface area contributed by atoms with Gasteiger partial charge in [0.15, 0.2) is 0 Å². The minimum absolute atomic E-state index is 0.0898. The van der Waals surface area contributed by atoms with E-state index in [2.05, 4.69) is 10.0 Å². The number of thioether (sulfide) groups is 1. The van der Waals surface area contributed by atoms with E-state index in [-0.39, 0.29) is 11.6 Å². The first kappa shape index (κ1) is 20.4. The fraction of sp³-hybridized carbons (Fsp3) is 0.381. The van der Waals surface area contributed by atoms with Crippen LogP contribution in [0.15, 0.2) is 52.3 Å². The van der Waals surface area contributed by atoms with Crippen molar-refractivity contribution in [3.05, 3.63) is 53.8 Å². The van der Waals surface area contributed by atoms with E-state index in [4.69, 9.17) is 0 Å². The highest BCUT2D eigenvalue weighted by atomic mass is 32.2. The minimum Gasteiger partial charge on any atom is -0.322 e. The fourth-order valence-corrected chi connectivity index (χ4v) is 6.01. The molecule has 0 aromatic heterocycles. The van der Waals surface area contributed by atoms with Gasteiger partial charge < -0.3 is 5.32 Å². The molecule has 1 amide bonds. The standard InChI is InChI=1S/C21H23FN2O3S2/c22-19-12-5-14(13-20(19)29(26,27)24-16-6-7-16)21(25)23-15-8-10-18(11-9-15)28-17-3-1-2-4-17/h5,8-13,16-17,24H,1-4,6-7H2,(H,23,25). The van der Waals surface area contributed by atoms with Gasteiger partial charge in [0.05, 0.1) is 0 Å². The lowest BCUT2D eigenvalue weighted by Gasteiger charge is -2.11. The van der Waals surface area contributed by atoms with Gasteiger partial charge in [0.2, 0.25) is 10.0 Å². The van der Waals surface area contributed by atoms with E-state index in [9.17, 15) is 17.6 Å². The molecule has 0 atom stereocenters. The molecular formula is C21H23FN2O3S2. The second-order valence-corrected chi connectivity index (χ2v) is 10.6. The van der Waals surface area contributed by atoms with E-state index in [1.807, 2.05) is 36.0 Å². The molecule has 2 N–H and O–H groups in total. The summed E-state index contributed by atoms with van der Waals surface area (Å²) in [5.41, 5.74) is 0.697. The summed E-state index contributed by atoms with van der Waals surface area (Å²) < 4.78 is 41.2. The van der Waals surface area contributed by atoms with Crippen LogP contribution in [0.5, 0.6) is 0 Å². The molecule has 2 fully saturated rings. The van der Waals surface area contributed by atoms with E-state index >= 15 is 0 Å². The predicted octanol–water partition coefficient (Wildman–Crippen LogP) is 4.55. The third-order valence-corrected chi connectivity index (χ3v) is 7.98. The molecular weight excluding hydrogens is 411 g/mol. The topological polar surface area (TPSA) is 75.3 Å². The molecule has 29 heavy (non-hydrogen) atoms. The molecule has 0 heterocycles. The lowest BCUT2D eigenvalue weighted by atomic mass is 10.2. The summed E-state index contributed by atoms with van der Waals surface area (Å²) in [7, 11) is -3.98. The molecule has 8 heteroatoms. The Morgan fingerprint density at radius 1 is 1.00 bits per heavy atom. The van der Waals surface area contributed by atoms with Crippen molar-refractivity contribution in [2.24, 2.45) is 0 Å². The Balaban J connectivity index is 1.44. The Morgan fingerprint density at radius 2 is 1.69 bits per heavy atom. The molecule has 2 saturated carbocycles. The first-order valence-electron chi connectivity index (χ1n) is 9.81. The van der Waals surface area contributed by atoms with Gasteiger partial charge in [0, 0.05) is 27.4 Å². The number of hydrogen-bond acceptors (Lipinski definition) is 4. The highest BCUT2D eigenvalue weighted by Gasteiger charge is 2.30. The Bertz CT molecular complexity index is 999. The van der Waals surface area contributed by atoms with Crippen LogP contribution >= 0.6 is 11.8 Å². The molecule has 0 saturated heterocycles. The number of benzene rings is 2. The SMILES string of the molecule is O=C(Nc1ccc(SC2CCCC2)cc1)c1ccc(F)c(S(=O)(=O)NC2CC2)c1. The third-order valence-electron chi connectivity index (χ3n) is 5.10. The second-order valence-electron chi connectivity index (χ2n) is 7.54. The first-order valence-corrected chi connectivity index (χ1v) is 12.2. The van der Waals surface area contributed by atoms with Crippen LogP contribution in [-0.4, -0.2) is 25.6 Å². The number of anilines is 1. The van der Waals surface area contributed by atoms with Crippen molar-refractivity contribution in [2.75, 3.05) is 5.32 Å². The molecule has 0 radical (unpaired) electrons. The van der Waals surface area contributed by atoms with Crippen LogP contribution in [0.4, 0.5) is 10.1 Å². The average Bonchev–Trinajstić information content (AvgIpc) is 3.34. The molecule has 4 rings (SSSR count). The van der Waals surface area contributed by atoms with E-state index in [0.29, 0.717) is 10.9 Å². The Hall–Kier alpha value is -1.90. The van der Waals surface area contributed by atoms with Gasteiger partial charge in [-0.2, -0.15) is 0 Å². The predicted molar refractivity (Wildman–Crippen MR) is 112 cm³/mol. The Kier molecular flexibility index (Phi) is 5.94. The molecule has 2 aliphatic carbocycles. The summed E-state index contributed by atoms with van der Waals surface area (Å²) in [6.45, 7) is 0. The van der Waals surface area contributed by atoms with Gasteiger partial charge in [0.1, 0.15) is 10.7 Å². The highest BCUT2D eigenvalue weighted by molar-refractivity contribution is 8.00. The number of nitrogens with one attached hydrogen (secondary N) is 2. The third kappa shape index (κ3) is 5.18. The number of sulfonamides is 1. The molecule has 154 valence electrons. The van der Waals surface area contributed by atoms with Crippen molar-refractivity contribution < 1.29 is 17.6 Å². The van der Waals surface area contributed by atoms with Crippen molar-refractivity contribution in [3.63, 3.8) is 0 Å². The highest BCUT2D eigenvalue weighted by Crippen LogP contribution is 2.35. The van der Waals surface area contributed by atoms with Crippen LogP contribution in [0.3, 0.4) is 0 Å². The van der Waals surface area contributed by atoms with Crippen LogP contribution in [0.2, 0.25) is 0 Å². The van der Waals surface area contributed by atoms with E-state index in [1.165, 1.54) is 31.7 Å². The molecule has 2 aromatic carbocycles.